The molecule has 0 amide bonds. The highest BCUT2D eigenvalue weighted by Gasteiger charge is 2.31. The van der Waals surface area contributed by atoms with Crippen LogP contribution in [0.25, 0.3) is 0 Å². The largest absolute Gasteiger partial charge is 0.462 e. The van der Waals surface area contributed by atoms with Crippen molar-refractivity contribution in [2.75, 3.05) is 6.61 Å². The third-order valence-electron chi connectivity index (χ3n) is 2.38. The average Bonchev–Trinajstić information content (AvgIpc) is 2.13. The van der Waals surface area contributed by atoms with Crippen LogP contribution < -0.4 is 0 Å². The summed E-state index contributed by atoms with van der Waals surface area (Å²) in [5, 5.41) is 9.16. The van der Waals surface area contributed by atoms with Gasteiger partial charge >= 0.3 is 5.97 Å². The van der Waals surface area contributed by atoms with E-state index in [1.54, 1.807) is 13.8 Å². The van der Waals surface area contributed by atoms with E-state index in [0.717, 1.165) is 6.42 Å². The molecule has 14 heavy (non-hydrogen) atoms. The first-order chi connectivity index (χ1) is 6.35. The molecular weight excluding hydrogens is 180 g/mol. The van der Waals surface area contributed by atoms with Gasteiger partial charge in [0.15, 0.2) is 0 Å². The SMILES string of the molecule is CCC(OC(=O)C(C)C)C(C)(C)CO. The molecule has 1 atom stereocenters. The topological polar surface area (TPSA) is 46.5 Å². The Morgan fingerprint density at radius 1 is 1.43 bits per heavy atom. The van der Waals surface area contributed by atoms with Gasteiger partial charge in [0.05, 0.1) is 12.5 Å². The first-order valence-electron chi connectivity index (χ1n) is 5.16. The molecule has 0 aliphatic rings. The van der Waals surface area contributed by atoms with Crippen molar-refractivity contribution in [2.24, 2.45) is 11.3 Å². The summed E-state index contributed by atoms with van der Waals surface area (Å²) in [7, 11) is 0. The fourth-order valence-electron chi connectivity index (χ4n) is 1.17. The molecule has 0 radical (unpaired) electrons. The van der Waals surface area contributed by atoms with E-state index in [0.29, 0.717) is 0 Å². The molecule has 0 aliphatic heterocycles. The quantitative estimate of drug-likeness (QED) is 0.693. The first-order valence-corrected chi connectivity index (χ1v) is 5.16. The number of aliphatic hydroxyl groups is 1. The monoisotopic (exact) mass is 202 g/mol. The Hall–Kier alpha value is -0.570. The first kappa shape index (κ1) is 13.4. The summed E-state index contributed by atoms with van der Waals surface area (Å²) >= 11 is 0. The molecule has 0 aromatic heterocycles. The lowest BCUT2D eigenvalue weighted by Gasteiger charge is -2.31. The molecule has 0 heterocycles. The molecule has 1 N–H and O–H groups in total. The van der Waals surface area contributed by atoms with Gasteiger partial charge in [0, 0.05) is 5.41 Å². The number of hydrogen-bond acceptors (Lipinski definition) is 3. The van der Waals surface area contributed by atoms with Crippen LogP contribution in [0.3, 0.4) is 0 Å². The third-order valence-corrected chi connectivity index (χ3v) is 2.38. The minimum atomic E-state index is -0.362. The number of esters is 1. The number of ether oxygens (including phenoxy) is 1. The number of carbonyl (C=O) groups excluding carboxylic acids is 1. The Bertz CT molecular complexity index is 185. The van der Waals surface area contributed by atoms with Crippen LogP contribution in [0, 0.1) is 11.3 Å². The summed E-state index contributed by atoms with van der Waals surface area (Å²) in [6.45, 7) is 9.39. The molecule has 0 rings (SSSR count). The van der Waals surface area contributed by atoms with Crippen molar-refractivity contribution in [3.8, 4) is 0 Å². The molecule has 0 fully saturated rings. The van der Waals surface area contributed by atoms with Crippen LogP contribution in [0.4, 0.5) is 0 Å². The maximum absolute atomic E-state index is 11.4. The summed E-state index contributed by atoms with van der Waals surface area (Å²) in [4.78, 5) is 11.4. The van der Waals surface area contributed by atoms with Gasteiger partial charge in [0.1, 0.15) is 6.10 Å². The predicted molar refractivity (Wildman–Crippen MR) is 55.9 cm³/mol. The van der Waals surface area contributed by atoms with E-state index in [2.05, 4.69) is 0 Å². The van der Waals surface area contributed by atoms with Crippen LogP contribution in [0.15, 0.2) is 0 Å². The van der Waals surface area contributed by atoms with E-state index in [-0.39, 0.29) is 30.0 Å². The minimum absolute atomic E-state index is 0.0247. The van der Waals surface area contributed by atoms with Gasteiger partial charge in [0.2, 0.25) is 0 Å². The lowest BCUT2D eigenvalue weighted by molar-refractivity contribution is -0.161. The van der Waals surface area contributed by atoms with Crippen LogP contribution >= 0.6 is 0 Å². The number of carbonyl (C=O) groups is 1. The van der Waals surface area contributed by atoms with Crippen molar-refractivity contribution in [2.45, 2.75) is 47.1 Å². The Labute approximate surface area is 86.5 Å². The number of rotatable bonds is 5. The Kier molecular flexibility index (Phi) is 5.13. The molecule has 84 valence electrons. The highest BCUT2D eigenvalue weighted by molar-refractivity contribution is 5.71. The molecule has 0 aliphatic carbocycles. The molecule has 0 aromatic carbocycles. The summed E-state index contributed by atoms with van der Waals surface area (Å²) in [5.74, 6) is -0.308. The van der Waals surface area contributed by atoms with Crippen molar-refractivity contribution in [1.82, 2.24) is 0 Å². The van der Waals surface area contributed by atoms with Crippen LogP contribution in [0.1, 0.15) is 41.0 Å². The van der Waals surface area contributed by atoms with E-state index in [9.17, 15) is 4.79 Å². The summed E-state index contributed by atoms with van der Waals surface area (Å²) in [6.07, 6.45) is 0.522. The highest BCUT2D eigenvalue weighted by atomic mass is 16.5. The molecule has 0 spiro atoms. The molecule has 0 saturated heterocycles. The second kappa shape index (κ2) is 5.35. The molecular formula is C11H22O3. The van der Waals surface area contributed by atoms with Crippen molar-refractivity contribution in [3.05, 3.63) is 0 Å². The van der Waals surface area contributed by atoms with E-state index in [1.807, 2.05) is 20.8 Å². The maximum Gasteiger partial charge on any atom is 0.308 e. The van der Waals surface area contributed by atoms with Gasteiger partial charge in [0.25, 0.3) is 0 Å². The molecule has 0 saturated carbocycles. The third kappa shape index (κ3) is 3.66. The zero-order valence-electron chi connectivity index (χ0n) is 9.83. The second-order valence-corrected chi connectivity index (χ2v) is 4.64. The Balaban J connectivity index is 4.37. The molecule has 1 unspecified atom stereocenters. The van der Waals surface area contributed by atoms with Crippen molar-refractivity contribution < 1.29 is 14.6 Å². The predicted octanol–water partition coefficient (Wildman–Crippen LogP) is 1.98. The highest BCUT2D eigenvalue weighted by Crippen LogP contribution is 2.25. The lowest BCUT2D eigenvalue weighted by Crippen LogP contribution is -2.37. The lowest BCUT2D eigenvalue weighted by atomic mass is 9.86. The molecule has 3 nitrogen and oxygen atoms in total. The summed E-state index contributed by atoms with van der Waals surface area (Å²) < 4.78 is 5.32. The van der Waals surface area contributed by atoms with Gasteiger partial charge in [-0.2, -0.15) is 0 Å². The van der Waals surface area contributed by atoms with Gasteiger partial charge in [-0.05, 0) is 6.42 Å². The smallest absolute Gasteiger partial charge is 0.308 e. The standard InChI is InChI=1S/C11H22O3/c1-6-9(11(4,5)7-12)14-10(13)8(2)3/h8-9,12H,6-7H2,1-5H3. The Morgan fingerprint density at radius 2 is 1.93 bits per heavy atom. The van der Waals surface area contributed by atoms with Gasteiger partial charge in [-0.15, -0.1) is 0 Å². The normalized spacial score (nSPS) is 14.2. The fraction of sp³-hybridized carbons (Fsp3) is 0.909. The van der Waals surface area contributed by atoms with Crippen molar-refractivity contribution in [1.29, 1.82) is 0 Å². The van der Waals surface area contributed by atoms with Gasteiger partial charge < -0.3 is 9.84 Å². The average molecular weight is 202 g/mol. The van der Waals surface area contributed by atoms with E-state index < -0.39 is 0 Å². The van der Waals surface area contributed by atoms with E-state index >= 15 is 0 Å². The molecule has 0 aromatic rings. The van der Waals surface area contributed by atoms with Gasteiger partial charge in [-0.1, -0.05) is 34.6 Å². The van der Waals surface area contributed by atoms with Crippen LogP contribution in [-0.2, 0) is 9.53 Å². The van der Waals surface area contributed by atoms with Crippen LogP contribution in [-0.4, -0.2) is 23.8 Å². The summed E-state index contributed by atoms with van der Waals surface area (Å²) in [6, 6.07) is 0. The van der Waals surface area contributed by atoms with Crippen molar-refractivity contribution in [3.63, 3.8) is 0 Å². The Morgan fingerprint density at radius 3 is 2.21 bits per heavy atom. The van der Waals surface area contributed by atoms with Gasteiger partial charge in [-0.3, -0.25) is 4.79 Å². The zero-order valence-corrected chi connectivity index (χ0v) is 9.83. The van der Waals surface area contributed by atoms with Crippen LogP contribution in [0.5, 0.6) is 0 Å². The zero-order chi connectivity index (χ0) is 11.4. The van der Waals surface area contributed by atoms with Gasteiger partial charge in [-0.25, -0.2) is 0 Å². The molecule has 0 bridgehead atoms. The molecule has 3 heteroatoms. The van der Waals surface area contributed by atoms with E-state index in [1.165, 1.54) is 0 Å². The van der Waals surface area contributed by atoms with Crippen LogP contribution in [0.2, 0.25) is 0 Å². The van der Waals surface area contributed by atoms with E-state index in [4.69, 9.17) is 9.84 Å². The minimum Gasteiger partial charge on any atom is -0.462 e. The second-order valence-electron chi connectivity index (χ2n) is 4.64. The van der Waals surface area contributed by atoms with Crippen molar-refractivity contribution >= 4 is 5.97 Å². The maximum atomic E-state index is 11.4. The number of aliphatic hydroxyl groups excluding tert-OH is 1. The summed E-state index contributed by atoms with van der Waals surface area (Å²) in [5.41, 5.74) is -0.362. The number of hydrogen-bond donors (Lipinski definition) is 1. The fourth-order valence-corrected chi connectivity index (χ4v) is 1.17.